The number of carbonyl (C=O) groups is 5. The van der Waals surface area contributed by atoms with Crippen LogP contribution in [0.5, 0.6) is 5.75 Å². The summed E-state index contributed by atoms with van der Waals surface area (Å²) in [5, 5.41) is 25.8. The monoisotopic (exact) mass is 508 g/mol. The molecule has 1 aromatic carbocycles. The molecule has 0 aliphatic heterocycles. The highest BCUT2D eigenvalue weighted by Crippen LogP contribution is 2.11. The normalized spacial score (nSPS) is 12.9. The zero-order valence-electron chi connectivity index (χ0n) is 19.5. The average molecular weight is 509 g/mol. The number of rotatable bonds is 15. The number of phenols is 1. The number of nitrogens with one attached hydrogen (secondary N) is 3. The van der Waals surface area contributed by atoms with Crippen LogP contribution in [0, 0.1) is 0 Å². The largest absolute Gasteiger partial charge is 0.508 e. The number of aliphatic imine (C=N–C) groups is 1. The molecule has 3 atom stereocenters. The highest BCUT2D eigenvalue weighted by molar-refractivity contribution is 5.94. The second-order valence-electron chi connectivity index (χ2n) is 7.83. The van der Waals surface area contributed by atoms with Crippen molar-refractivity contribution in [2.45, 2.75) is 43.8 Å². The Morgan fingerprint density at radius 2 is 1.58 bits per heavy atom. The summed E-state index contributed by atoms with van der Waals surface area (Å²) in [6, 6.07) is 2.09. The van der Waals surface area contributed by atoms with Gasteiger partial charge in [0.15, 0.2) is 5.96 Å². The lowest BCUT2D eigenvalue weighted by atomic mass is 10.0. The Morgan fingerprint density at radius 1 is 0.944 bits per heavy atom. The molecule has 0 aromatic heterocycles. The quantitative estimate of drug-likeness (QED) is 0.0636. The number of carbonyl (C=O) groups excluding carboxylic acids is 4. The number of carboxylic acid groups (broad SMARTS) is 1. The third-order valence-electron chi connectivity index (χ3n) is 4.77. The fraction of sp³-hybridized carbons (Fsp3) is 0.429. The molecular weight excluding hydrogens is 476 g/mol. The van der Waals surface area contributed by atoms with Gasteiger partial charge in [0, 0.05) is 13.0 Å². The number of nitrogens with two attached hydrogens (primary N) is 4. The van der Waals surface area contributed by atoms with E-state index in [1.54, 1.807) is 0 Å². The Labute approximate surface area is 206 Å². The Kier molecular flexibility index (Phi) is 12.2. The number of phenolic OH excluding ortho intramolecular Hbond substituents is 1. The lowest BCUT2D eigenvalue weighted by Gasteiger charge is -2.21. The molecule has 0 radical (unpaired) electrons. The van der Waals surface area contributed by atoms with Crippen LogP contribution in [0.2, 0.25) is 0 Å². The number of primary amides is 1. The summed E-state index contributed by atoms with van der Waals surface area (Å²) < 4.78 is 0. The van der Waals surface area contributed by atoms with E-state index in [4.69, 9.17) is 22.9 Å². The smallest absolute Gasteiger partial charge is 0.326 e. The summed E-state index contributed by atoms with van der Waals surface area (Å²) in [7, 11) is 0. The highest BCUT2D eigenvalue weighted by Gasteiger charge is 2.26. The van der Waals surface area contributed by atoms with E-state index in [1.165, 1.54) is 24.3 Å². The molecule has 0 spiro atoms. The first kappa shape index (κ1) is 29.6. The predicted octanol–water partition coefficient (Wildman–Crippen LogP) is -3.64. The molecule has 13 N–H and O–H groups in total. The van der Waals surface area contributed by atoms with Crippen molar-refractivity contribution in [3.05, 3.63) is 29.8 Å². The van der Waals surface area contributed by atoms with Crippen molar-refractivity contribution in [2.24, 2.45) is 27.9 Å². The molecule has 1 rings (SSSR count). The summed E-state index contributed by atoms with van der Waals surface area (Å²) in [4.78, 5) is 63.5. The average Bonchev–Trinajstić information content (AvgIpc) is 2.79. The number of hydrogen-bond acceptors (Lipinski definition) is 8. The summed E-state index contributed by atoms with van der Waals surface area (Å²) in [6.45, 7) is -0.402. The van der Waals surface area contributed by atoms with Crippen LogP contribution < -0.4 is 38.9 Å². The van der Waals surface area contributed by atoms with Gasteiger partial charge in [-0.05, 0) is 30.5 Å². The van der Waals surface area contributed by atoms with Crippen molar-refractivity contribution in [3.63, 3.8) is 0 Å². The van der Waals surface area contributed by atoms with E-state index >= 15 is 0 Å². The van der Waals surface area contributed by atoms with E-state index in [-0.39, 0.29) is 37.5 Å². The Bertz CT molecular complexity index is 964. The molecule has 36 heavy (non-hydrogen) atoms. The lowest BCUT2D eigenvalue weighted by molar-refractivity contribution is -0.142. The van der Waals surface area contributed by atoms with Gasteiger partial charge >= 0.3 is 5.97 Å². The summed E-state index contributed by atoms with van der Waals surface area (Å²) >= 11 is 0. The van der Waals surface area contributed by atoms with Crippen molar-refractivity contribution >= 4 is 35.6 Å². The number of amides is 4. The standard InChI is InChI=1S/C21H32N8O7/c22-13(9-16(23)31)18(33)29-15(8-11-3-5-12(30)6-4-11)19(34)27-10-17(32)28-14(20(35)36)2-1-7-26-21(24)25/h3-6,13-15,30H,1-2,7-10,22H2,(H2,23,31)(H,27,34)(H,28,32)(H,29,33)(H,35,36)(H4,24,25,26). The molecular formula is C21H32N8O7. The number of aliphatic carboxylic acids is 1. The second kappa shape index (κ2) is 14.8. The second-order valence-corrected chi connectivity index (χ2v) is 7.83. The van der Waals surface area contributed by atoms with Gasteiger partial charge in [0.2, 0.25) is 23.6 Å². The number of carboxylic acids is 1. The van der Waals surface area contributed by atoms with Crippen molar-refractivity contribution < 1.29 is 34.2 Å². The van der Waals surface area contributed by atoms with E-state index < -0.39 is 60.7 Å². The van der Waals surface area contributed by atoms with E-state index in [9.17, 15) is 34.2 Å². The van der Waals surface area contributed by atoms with Gasteiger partial charge in [-0.25, -0.2) is 4.79 Å². The van der Waals surface area contributed by atoms with Gasteiger partial charge in [0.05, 0.1) is 19.0 Å². The lowest BCUT2D eigenvalue weighted by Crippen LogP contribution is -2.54. The van der Waals surface area contributed by atoms with Crippen molar-refractivity contribution in [1.82, 2.24) is 16.0 Å². The Morgan fingerprint density at radius 3 is 2.14 bits per heavy atom. The molecule has 3 unspecified atom stereocenters. The SMILES string of the molecule is NC(=O)CC(N)C(=O)NC(Cc1ccc(O)cc1)C(=O)NCC(=O)NC(CCCN=C(N)N)C(=O)O. The molecule has 0 saturated carbocycles. The maximum atomic E-state index is 12.8. The number of nitrogens with zero attached hydrogens (tertiary/aromatic N) is 1. The van der Waals surface area contributed by atoms with Crippen molar-refractivity contribution in [1.29, 1.82) is 0 Å². The van der Waals surface area contributed by atoms with E-state index in [0.717, 1.165) is 0 Å². The fourth-order valence-corrected chi connectivity index (χ4v) is 2.96. The minimum Gasteiger partial charge on any atom is -0.508 e. The van der Waals surface area contributed by atoms with E-state index in [1.807, 2.05) is 0 Å². The van der Waals surface area contributed by atoms with Crippen LogP contribution in [0.4, 0.5) is 0 Å². The van der Waals surface area contributed by atoms with E-state index in [0.29, 0.717) is 5.56 Å². The van der Waals surface area contributed by atoms with Gasteiger partial charge in [0.25, 0.3) is 0 Å². The number of benzene rings is 1. The molecule has 0 aliphatic carbocycles. The molecule has 0 heterocycles. The van der Waals surface area contributed by atoms with Gasteiger partial charge in [-0.1, -0.05) is 12.1 Å². The molecule has 15 heteroatoms. The minimum atomic E-state index is -1.30. The first-order valence-corrected chi connectivity index (χ1v) is 10.9. The molecule has 0 fully saturated rings. The molecule has 0 aliphatic rings. The maximum Gasteiger partial charge on any atom is 0.326 e. The number of guanidine groups is 1. The van der Waals surface area contributed by atoms with Crippen LogP contribution in [-0.2, 0) is 30.4 Å². The molecule has 1 aromatic rings. The minimum absolute atomic E-state index is 0.00442. The van der Waals surface area contributed by atoms with Gasteiger partial charge < -0.3 is 49.1 Å². The van der Waals surface area contributed by atoms with Crippen molar-refractivity contribution in [2.75, 3.05) is 13.1 Å². The van der Waals surface area contributed by atoms with Gasteiger partial charge in [-0.3, -0.25) is 24.2 Å². The van der Waals surface area contributed by atoms with Gasteiger partial charge in [-0.15, -0.1) is 0 Å². The topological polar surface area (TPSA) is 278 Å². The Hall–Kier alpha value is -4.40. The van der Waals surface area contributed by atoms with Crippen LogP contribution in [0.15, 0.2) is 29.3 Å². The summed E-state index contributed by atoms with van der Waals surface area (Å²) in [5.41, 5.74) is 21.6. The summed E-state index contributed by atoms with van der Waals surface area (Å²) in [6.07, 6.45) is -0.149. The van der Waals surface area contributed by atoms with Crippen LogP contribution in [0.25, 0.3) is 0 Å². The van der Waals surface area contributed by atoms with Gasteiger partial charge in [-0.2, -0.15) is 0 Å². The number of hydrogen-bond donors (Lipinski definition) is 9. The van der Waals surface area contributed by atoms with Crippen LogP contribution in [0.3, 0.4) is 0 Å². The number of aromatic hydroxyl groups is 1. The predicted molar refractivity (Wildman–Crippen MR) is 128 cm³/mol. The third kappa shape index (κ3) is 11.6. The van der Waals surface area contributed by atoms with Crippen LogP contribution >= 0.6 is 0 Å². The third-order valence-corrected chi connectivity index (χ3v) is 4.77. The fourth-order valence-electron chi connectivity index (χ4n) is 2.96. The first-order valence-electron chi connectivity index (χ1n) is 10.9. The van der Waals surface area contributed by atoms with Gasteiger partial charge in [0.1, 0.15) is 17.8 Å². The Balaban J connectivity index is 2.78. The zero-order valence-corrected chi connectivity index (χ0v) is 19.5. The highest BCUT2D eigenvalue weighted by atomic mass is 16.4. The zero-order chi connectivity index (χ0) is 27.3. The first-order chi connectivity index (χ1) is 16.9. The van der Waals surface area contributed by atoms with Crippen LogP contribution in [-0.4, -0.2) is 77.0 Å². The molecule has 0 saturated heterocycles. The van der Waals surface area contributed by atoms with Crippen LogP contribution in [0.1, 0.15) is 24.8 Å². The molecule has 15 nitrogen and oxygen atoms in total. The summed E-state index contributed by atoms with van der Waals surface area (Å²) in [5.74, 6) is -4.59. The molecule has 0 bridgehead atoms. The maximum absolute atomic E-state index is 12.8. The van der Waals surface area contributed by atoms with Crippen molar-refractivity contribution in [3.8, 4) is 5.75 Å². The molecule has 198 valence electrons. The van der Waals surface area contributed by atoms with E-state index in [2.05, 4.69) is 20.9 Å². The molecule has 4 amide bonds.